The van der Waals surface area contributed by atoms with Crippen molar-refractivity contribution in [2.45, 2.75) is 25.8 Å². The summed E-state index contributed by atoms with van der Waals surface area (Å²) in [6, 6.07) is 11.6. The third-order valence-electron chi connectivity index (χ3n) is 4.13. The van der Waals surface area contributed by atoms with Crippen LogP contribution in [0.4, 0.5) is 20.2 Å². The van der Waals surface area contributed by atoms with Gasteiger partial charge in [0.2, 0.25) is 5.91 Å². The van der Waals surface area contributed by atoms with Crippen LogP contribution >= 0.6 is 0 Å². The molecule has 23 heavy (non-hydrogen) atoms. The lowest BCUT2D eigenvalue weighted by Gasteiger charge is -2.24. The maximum Gasteiger partial charge on any atom is 0.226 e. The number of fused-ring (bicyclic) bond motifs is 1. The van der Waals surface area contributed by atoms with Gasteiger partial charge in [-0.2, -0.15) is 0 Å². The molecule has 3 nitrogen and oxygen atoms in total. The van der Waals surface area contributed by atoms with Gasteiger partial charge in [-0.05, 0) is 37.1 Å². The van der Waals surface area contributed by atoms with E-state index in [1.807, 2.05) is 12.1 Å². The van der Waals surface area contributed by atoms with E-state index in [1.54, 1.807) is 0 Å². The number of anilines is 2. The topological polar surface area (TPSA) is 32.3 Å². The number of carbonyl (C=O) groups is 1. The van der Waals surface area contributed by atoms with Crippen LogP contribution in [-0.2, 0) is 11.2 Å². The number of nitrogens with one attached hydrogen (secondary N) is 1. The van der Waals surface area contributed by atoms with Gasteiger partial charge in [-0.15, -0.1) is 0 Å². The van der Waals surface area contributed by atoms with Gasteiger partial charge in [0, 0.05) is 30.8 Å². The molecule has 1 heterocycles. The average molecular weight is 316 g/mol. The van der Waals surface area contributed by atoms with Gasteiger partial charge < -0.3 is 10.2 Å². The number of nitrogens with zero attached hydrogens (tertiary/aromatic N) is 1. The normalized spacial score (nSPS) is 16.3. The number of amides is 1. The molecule has 1 aliphatic rings. The quantitative estimate of drug-likeness (QED) is 0.932. The van der Waals surface area contributed by atoms with E-state index in [1.165, 1.54) is 11.6 Å². The zero-order valence-electron chi connectivity index (χ0n) is 12.9. The maximum absolute atomic E-state index is 13.5. The fraction of sp³-hybridized carbons (Fsp3) is 0.278. The molecule has 0 aromatic heterocycles. The van der Waals surface area contributed by atoms with Crippen LogP contribution in [0.1, 0.15) is 18.9 Å². The third-order valence-corrected chi connectivity index (χ3v) is 4.13. The van der Waals surface area contributed by atoms with E-state index >= 15 is 0 Å². The molecule has 1 atom stereocenters. The van der Waals surface area contributed by atoms with Gasteiger partial charge in [0.25, 0.3) is 0 Å². The van der Waals surface area contributed by atoms with Crippen molar-refractivity contribution in [2.24, 2.45) is 0 Å². The van der Waals surface area contributed by atoms with Crippen LogP contribution in [-0.4, -0.2) is 18.5 Å². The average Bonchev–Trinajstić information content (AvgIpc) is 2.83. The second-order valence-corrected chi connectivity index (χ2v) is 5.80. The highest BCUT2D eigenvalue weighted by molar-refractivity contribution is 5.91. The Morgan fingerprint density at radius 1 is 1.26 bits per heavy atom. The first-order valence-corrected chi connectivity index (χ1v) is 7.64. The van der Waals surface area contributed by atoms with Gasteiger partial charge in [-0.1, -0.05) is 18.2 Å². The van der Waals surface area contributed by atoms with Crippen LogP contribution in [0.2, 0.25) is 0 Å². The summed E-state index contributed by atoms with van der Waals surface area (Å²) in [5, 5.41) is 2.49. The van der Waals surface area contributed by atoms with Crippen molar-refractivity contribution in [3.8, 4) is 0 Å². The minimum Gasteiger partial charge on any atom is -0.368 e. The first-order chi connectivity index (χ1) is 11.0. The van der Waals surface area contributed by atoms with E-state index in [2.05, 4.69) is 29.3 Å². The zero-order valence-corrected chi connectivity index (χ0v) is 12.9. The van der Waals surface area contributed by atoms with Crippen LogP contribution in [0, 0.1) is 11.6 Å². The first-order valence-electron chi connectivity index (χ1n) is 7.64. The van der Waals surface area contributed by atoms with Crippen molar-refractivity contribution in [3.05, 3.63) is 59.7 Å². The molecule has 2 aromatic rings. The van der Waals surface area contributed by atoms with Gasteiger partial charge in [-0.25, -0.2) is 8.78 Å². The van der Waals surface area contributed by atoms with Gasteiger partial charge in [-0.3, -0.25) is 4.79 Å². The summed E-state index contributed by atoms with van der Waals surface area (Å²) in [4.78, 5) is 14.2. The minimum atomic E-state index is -0.766. The molecule has 1 aliphatic heterocycles. The molecule has 120 valence electrons. The fourth-order valence-electron chi connectivity index (χ4n) is 3.00. The van der Waals surface area contributed by atoms with Crippen LogP contribution in [0.5, 0.6) is 0 Å². The van der Waals surface area contributed by atoms with E-state index in [0.717, 1.165) is 24.2 Å². The lowest BCUT2D eigenvalue weighted by Crippen LogP contribution is -2.32. The Labute approximate surface area is 133 Å². The standard InChI is InChI=1S/C18H18F2N2O/c1-12-10-13-4-2-3-5-17(13)22(12)9-8-18(23)21-16-7-6-14(19)11-15(16)20/h2-7,11-12H,8-10H2,1H3,(H,21,23). The number of rotatable bonds is 4. The molecule has 1 amide bonds. The Bertz CT molecular complexity index is 733. The van der Waals surface area contributed by atoms with Crippen molar-refractivity contribution in [1.29, 1.82) is 0 Å². The summed E-state index contributed by atoms with van der Waals surface area (Å²) in [6.45, 7) is 2.68. The summed E-state index contributed by atoms with van der Waals surface area (Å²) in [5.74, 6) is -1.71. The van der Waals surface area contributed by atoms with Crippen molar-refractivity contribution in [3.63, 3.8) is 0 Å². The zero-order chi connectivity index (χ0) is 16.4. The molecule has 2 aromatic carbocycles. The van der Waals surface area contributed by atoms with Gasteiger partial charge in [0.15, 0.2) is 0 Å². The molecule has 0 saturated carbocycles. The lowest BCUT2D eigenvalue weighted by molar-refractivity contribution is -0.116. The van der Waals surface area contributed by atoms with Crippen LogP contribution in [0.15, 0.2) is 42.5 Å². The number of hydrogen-bond acceptors (Lipinski definition) is 2. The smallest absolute Gasteiger partial charge is 0.226 e. The number of hydrogen-bond donors (Lipinski definition) is 1. The minimum absolute atomic E-state index is 0.00581. The number of carbonyl (C=O) groups excluding carboxylic acids is 1. The summed E-state index contributed by atoms with van der Waals surface area (Å²) < 4.78 is 26.4. The molecule has 5 heteroatoms. The molecule has 1 unspecified atom stereocenters. The molecule has 0 aliphatic carbocycles. The summed E-state index contributed by atoms with van der Waals surface area (Å²) in [5.41, 5.74) is 2.44. The molecule has 1 N–H and O–H groups in total. The molecule has 0 spiro atoms. The third kappa shape index (κ3) is 3.33. The SMILES string of the molecule is CC1Cc2ccccc2N1CCC(=O)Nc1ccc(F)cc1F. The number of benzene rings is 2. The molecular weight excluding hydrogens is 298 g/mol. The molecule has 0 saturated heterocycles. The van der Waals surface area contributed by atoms with E-state index < -0.39 is 11.6 Å². The Morgan fingerprint density at radius 2 is 2.04 bits per heavy atom. The largest absolute Gasteiger partial charge is 0.368 e. The highest BCUT2D eigenvalue weighted by Crippen LogP contribution is 2.31. The van der Waals surface area contributed by atoms with E-state index in [0.29, 0.717) is 12.6 Å². The van der Waals surface area contributed by atoms with E-state index in [4.69, 9.17) is 0 Å². The van der Waals surface area contributed by atoms with Gasteiger partial charge in [0.05, 0.1) is 5.69 Å². The van der Waals surface area contributed by atoms with Crippen LogP contribution in [0.25, 0.3) is 0 Å². The Balaban J connectivity index is 1.61. The van der Waals surface area contributed by atoms with Crippen LogP contribution < -0.4 is 10.2 Å². The second-order valence-electron chi connectivity index (χ2n) is 5.80. The first kappa shape index (κ1) is 15.5. The molecule has 3 rings (SSSR count). The Morgan fingerprint density at radius 3 is 2.83 bits per heavy atom. The Kier molecular flexibility index (Phi) is 4.28. The van der Waals surface area contributed by atoms with E-state index in [9.17, 15) is 13.6 Å². The van der Waals surface area contributed by atoms with Gasteiger partial charge >= 0.3 is 0 Å². The van der Waals surface area contributed by atoms with E-state index in [-0.39, 0.29) is 18.0 Å². The Hall–Kier alpha value is -2.43. The molecular formula is C18H18F2N2O. The number of para-hydroxylation sites is 1. The lowest BCUT2D eigenvalue weighted by atomic mass is 10.1. The monoisotopic (exact) mass is 316 g/mol. The van der Waals surface area contributed by atoms with Crippen molar-refractivity contribution >= 4 is 17.3 Å². The highest BCUT2D eigenvalue weighted by atomic mass is 19.1. The second kappa shape index (κ2) is 6.36. The fourth-order valence-corrected chi connectivity index (χ4v) is 3.00. The molecule has 0 bridgehead atoms. The van der Waals surface area contributed by atoms with Gasteiger partial charge in [0.1, 0.15) is 11.6 Å². The molecule has 0 radical (unpaired) electrons. The van der Waals surface area contributed by atoms with Crippen molar-refractivity contribution in [1.82, 2.24) is 0 Å². The highest BCUT2D eigenvalue weighted by Gasteiger charge is 2.25. The van der Waals surface area contributed by atoms with Crippen molar-refractivity contribution in [2.75, 3.05) is 16.8 Å². The summed E-state index contributed by atoms with van der Waals surface area (Å²) in [7, 11) is 0. The predicted molar refractivity (Wildman–Crippen MR) is 86.6 cm³/mol. The molecule has 0 fully saturated rings. The maximum atomic E-state index is 13.5. The predicted octanol–water partition coefficient (Wildman–Crippen LogP) is 3.74. The van der Waals surface area contributed by atoms with Crippen LogP contribution in [0.3, 0.4) is 0 Å². The number of halogens is 2. The summed E-state index contributed by atoms with van der Waals surface area (Å²) in [6.07, 6.45) is 1.21. The summed E-state index contributed by atoms with van der Waals surface area (Å²) >= 11 is 0. The van der Waals surface area contributed by atoms with Crippen molar-refractivity contribution < 1.29 is 13.6 Å².